The highest BCUT2D eigenvalue weighted by Gasteiger charge is 2.20. The normalized spacial score (nSPS) is 12.4. The maximum Gasteiger partial charge on any atom is 0.350 e. The van der Waals surface area contributed by atoms with Crippen molar-refractivity contribution in [3.05, 3.63) is 27.9 Å². The van der Waals surface area contributed by atoms with Gasteiger partial charge in [0.2, 0.25) is 5.89 Å². The summed E-state index contributed by atoms with van der Waals surface area (Å²) in [4.78, 5) is 16.6. The summed E-state index contributed by atoms with van der Waals surface area (Å²) in [6.45, 7) is 5.45. The number of nitrogens with zero attached hydrogens (tertiary/aromatic N) is 3. The lowest BCUT2D eigenvalue weighted by Crippen LogP contribution is -2.08. The van der Waals surface area contributed by atoms with E-state index in [4.69, 9.17) is 9.15 Å². The third-order valence-corrected chi connectivity index (χ3v) is 3.43. The maximum atomic E-state index is 11.9. The molecule has 0 aliphatic rings. The predicted octanol–water partition coefficient (Wildman–Crippen LogP) is 2.71. The van der Waals surface area contributed by atoms with Crippen LogP contribution in [0.4, 0.5) is 0 Å². The summed E-state index contributed by atoms with van der Waals surface area (Å²) in [5.41, 5.74) is 0. The Bertz CT molecular complexity index is 564. The predicted molar refractivity (Wildman–Crippen MR) is 69.0 cm³/mol. The monoisotopic (exact) mass is 281 g/mol. The average Bonchev–Trinajstić information content (AvgIpc) is 2.98. The standard InChI is InChI=1S/C12H15N3O3S/c1-4-5-10-13-6-9(19-10)12(16)17-7(2)11-15-14-8(3)18-11/h6-7H,4-5H2,1-3H3. The molecule has 7 heteroatoms. The molecule has 0 aliphatic carbocycles. The summed E-state index contributed by atoms with van der Waals surface area (Å²) in [6.07, 6.45) is 2.85. The van der Waals surface area contributed by atoms with Crippen LogP contribution in [-0.4, -0.2) is 21.2 Å². The summed E-state index contributed by atoms with van der Waals surface area (Å²) < 4.78 is 10.5. The van der Waals surface area contributed by atoms with E-state index in [9.17, 15) is 4.79 Å². The minimum atomic E-state index is -0.564. The van der Waals surface area contributed by atoms with Gasteiger partial charge in [0.25, 0.3) is 5.89 Å². The number of thiazole rings is 1. The Labute approximate surface area is 114 Å². The van der Waals surface area contributed by atoms with Crippen molar-refractivity contribution < 1.29 is 13.9 Å². The molecule has 0 spiro atoms. The Hall–Kier alpha value is -1.76. The molecular weight excluding hydrogens is 266 g/mol. The first-order valence-electron chi connectivity index (χ1n) is 6.05. The molecule has 0 aliphatic heterocycles. The quantitative estimate of drug-likeness (QED) is 0.784. The van der Waals surface area contributed by atoms with Gasteiger partial charge in [0.05, 0.1) is 11.2 Å². The van der Waals surface area contributed by atoms with Crippen molar-refractivity contribution in [2.75, 3.05) is 0 Å². The number of hydrogen-bond donors (Lipinski definition) is 0. The van der Waals surface area contributed by atoms with Crippen molar-refractivity contribution in [1.82, 2.24) is 15.2 Å². The van der Waals surface area contributed by atoms with Gasteiger partial charge in [0.15, 0.2) is 6.10 Å². The molecule has 0 fully saturated rings. The molecule has 0 saturated heterocycles. The fraction of sp³-hybridized carbons (Fsp3) is 0.500. The van der Waals surface area contributed by atoms with E-state index in [2.05, 4.69) is 22.1 Å². The van der Waals surface area contributed by atoms with Gasteiger partial charge in [-0.15, -0.1) is 21.5 Å². The molecule has 2 aromatic heterocycles. The summed E-state index contributed by atoms with van der Waals surface area (Å²) in [7, 11) is 0. The smallest absolute Gasteiger partial charge is 0.350 e. The van der Waals surface area contributed by atoms with E-state index in [1.54, 1.807) is 20.0 Å². The van der Waals surface area contributed by atoms with E-state index >= 15 is 0 Å². The van der Waals surface area contributed by atoms with E-state index in [0.717, 1.165) is 17.8 Å². The number of carbonyl (C=O) groups excluding carboxylic acids is 1. The molecule has 0 bridgehead atoms. The first-order valence-corrected chi connectivity index (χ1v) is 6.87. The van der Waals surface area contributed by atoms with Crippen molar-refractivity contribution in [3.8, 4) is 0 Å². The highest BCUT2D eigenvalue weighted by atomic mass is 32.1. The number of hydrogen-bond acceptors (Lipinski definition) is 7. The van der Waals surface area contributed by atoms with Crippen molar-refractivity contribution >= 4 is 17.3 Å². The van der Waals surface area contributed by atoms with Gasteiger partial charge in [-0.05, 0) is 19.8 Å². The van der Waals surface area contributed by atoms with Gasteiger partial charge in [0, 0.05) is 6.92 Å². The molecule has 0 aromatic carbocycles. The van der Waals surface area contributed by atoms with Crippen LogP contribution in [0.15, 0.2) is 10.6 Å². The van der Waals surface area contributed by atoms with Crippen LogP contribution < -0.4 is 0 Å². The lowest BCUT2D eigenvalue weighted by molar-refractivity contribution is 0.0282. The summed E-state index contributed by atoms with van der Waals surface area (Å²) in [6, 6.07) is 0. The topological polar surface area (TPSA) is 78.1 Å². The average molecular weight is 281 g/mol. The van der Waals surface area contributed by atoms with Crippen LogP contribution in [0.5, 0.6) is 0 Å². The fourth-order valence-corrected chi connectivity index (χ4v) is 2.38. The van der Waals surface area contributed by atoms with Crippen LogP contribution in [0.1, 0.15) is 52.8 Å². The Morgan fingerprint density at radius 1 is 1.53 bits per heavy atom. The molecule has 0 amide bonds. The number of rotatable bonds is 5. The van der Waals surface area contributed by atoms with Crippen molar-refractivity contribution in [2.45, 2.75) is 39.7 Å². The maximum absolute atomic E-state index is 11.9. The van der Waals surface area contributed by atoms with Crippen LogP contribution >= 0.6 is 11.3 Å². The van der Waals surface area contributed by atoms with Gasteiger partial charge in [0.1, 0.15) is 4.88 Å². The van der Waals surface area contributed by atoms with E-state index in [1.165, 1.54) is 11.3 Å². The van der Waals surface area contributed by atoms with E-state index in [-0.39, 0.29) is 0 Å². The van der Waals surface area contributed by atoms with Gasteiger partial charge in [-0.25, -0.2) is 9.78 Å². The van der Waals surface area contributed by atoms with Gasteiger partial charge in [-0.1, -0.05) is 6.92 Å². The number of aromatic nitrogens is 3. The molecule has 6 nitrogen and oxygen atoms in total. The first kappa shape index (κ1) is 13.7. The van der Waals surface area contributed by atoms with Gasteiger partial charge >= 0.3 is 5.97 Å². The minimum Gasteiger partial charge on any atom is -0.448 e. The van der Waals surface area contributed by atoms with Gasteiger partial charge < -0.3 is 9.15 Å². The second kappa shape index (κ2) is 5.92. The Morgan fingerprint density at radius 3 is 2.95 bits per heavy atom. The molecule has 1 unspecified atom stereocenters. The van der Waals surface area contributed by atoms with Crippen LogP contribution in [-0.2, 0) is 11.2 Å². The molecular formula is C12H15N3O3S. The molecule has 2 aromatic rings. The SMILES string of the molecule is CCCc1ncc(C(=O)OC(C)c2nnc(C)o2)s1. The second-order valence-corrected chi connectivity index (χ2v) is 5.19. The van der Waals surface area contributed by atoms with E-state index in [1.807, 2.05) is 0 Å². The van der Waals surface area contributed by atoms with Gasteiger partial charge in [-0.3, -0.25) is 0 Å². The number of carbonyl (C=O) groups is 1. The number of aryl methyl sites for hydroxylation is 2. The Kier molecular flexibility index (Phi) is 4.26. The molecule has 0 N–H and O–H groups in total. The third kappa shape index (κ3) is 3.37. The Morgan fingerprint density at radius 2 is 2.32 bits per heavy atom. The zero-order valence-electron chi connectivity index (χ0n) is 11.0. The zero-order chi connectivity index (χ0) is 13.8. The van der Waals surface area contributed by atoms with E-state index < -0.39 is 12.1 Å². The number of esters is 1. The summed E-state index contributed by atoms with van der Waals surface area (Å²) >= 11 is 1.36. The van der Waals surface area contributed by atoms with Gasteiger partial charge in [-0.2, -0.15) is 0 Å². The van der Waals surface area contributed by atoms with Crippen molar-refractivity contribution in [2.24, 2.45) is 0 Å². The summed E-state index contributed by atoms with van der Waals surface area (Å²) in [5.74, 6) is 0.327. The lowest BCUT2D eigenvalue weighted by Gasteiger charge is -2.07. The zero-order valence-corrected chi connectivity index (χ0v) is 11.9. The highest BCUT2D eigenvalue weighted by molar-refractivity contribution is 7.13. The molecule has 19 heavy (non-hydrogen) atoms. The molecule has 1 atom stereocenters. The van der Waals surface area contributed by atoms with Crippen molar-refractivity contribution in [1.29, 1.82) is 0 Å². The first-order chi connectivity index (χ1) is 9.10. The lowest BCUT2D eigenvalue weighted by atomic mass is 10.4. The molecule has 0 radical (unpaired) electrons. The number of ether oxygens (including phenoxy) is 1. The molecule has 102 valence electrons. The molecule has 2 heterocycles. The van der Waals surface area contributed by atoms with E-state index in [0.29, 0.717) is 16.7 Å². The second-order valence-electron chi connectivity index (χ2n) is 4.08. The Balaban J connectivity index is 1.99. The van der Waals surface area contributed by atoms with Crippen LogP contribution in [0, 0.1) is 6.92 Å². The minimum absolute atomic E-state index is 0.296. The van der Waals surface area contributed by atoms with Crippen LogP contribution in [0.3, 0.4) is 0 Å². The van der Waals surface area contributed by atoms with Crippen LogP contribution in [0.2, 0.25) is 0 Å². The van der Waals surface area contributed by atoms with Crippen LogP contribution in [0.25, 0.3) is 0 Å². The highest BCUT2D eigenvalue weighted by Crippen LogP contribution is 2.20. The molecule has 2 rings (SSSR count). The fourth-order valence-electron chi connectivity index (χ4n) is 1.48. The summed E-state index contributed by atoms with van der Waals surface area (Å²) in [5, 5.41) is 8.46. The molecule has 0 saturated carbocycles. The largest absolute Gasteiger partial charge is 0.448 e. The van der Waals surface area contributed by atoms with Crippen molar-refractivity contribution in [3.63, 3.8) is 0 Å². The third-order valence-electron chi connectivity index (χ3n) is 2.39.